The maximum Gasteiger partial charge on any atom is 0.249 e. The number of nitrogens with one attached hydrogen (secondary N) is 2. The predicted octanol–water partition coefficient (Wildman–Crippen LogP) is 2.14. The molecule has 0 saturated heterocycles. The molecule has 5 nitrogen and oxygen atoms in total. The molecule has 2 N–H and O–H groups in total. The quantitative estimate of drug-likeness (QED) is 0.721. The van der Waals surface area contributed by atoms with Gasteiger partial charge in [-0.15, -0.1) is 0 Å². The molecule has 0 heterocycles. The van der Waals surface area contributed by atoms with Crippen LogP contribution in [0.1, 0.15) is 66.2 Å². The number of hydrogen-bond donors (Lipinski definition) is 2. The number of amides is 2. The topological polar surface area (TPSA) is 67.4 Å². The Morgan fingerprint density at radius 3 is 2.19 bits per heavy atom. The lowest BCUT2D eigenvalue weighted by Gasteiger charge is -2.23. The van der Waals surface area contributed by atoms with Gasteiger partial charge in [0.05, 0.1) is 6.10 Å². The van der Waals surface area contributed by atoms with E-state index in [0.717, 1.165) is 19.3 Å². The van der Waals surface area contributed by atoms with Crippen molar-refractivity contribution in [3.05, 3.63) is 0 Å². The summed E-state index contributed by atoms with van der Waals surface area (Å²) in [6.07, 6.45) is 5.67. The van der Waals surface area contributed by atoms with E-state index in [2.05, 4.69) is 10.6 Å². The molecule has 1 rings (SSSR count). The Morgan fingerprint density at radius 2 is 1.67 bits per heavy atom. The number of ether oxygens (including phenoxy) is 1. The van der Waals surface area contributed by atoms with Crippen LogP contribution in [0.4, 0.5) is 0 Å². The van der Waals surface area contributed by atoms with Crippen molar-refractivity contribution >= 4 is 11.8 Å². The minimum atomic E-state index is -0.535. The van der Waals surface area contributed by atoms with Gasteiger partial charge in [-0.05, 0) is 39.5 Å². The Balaban J connectivity index is 2.42. The molecule has 2 amide bonds. The maximum absolute atomic E-state index is 12.2. The lowest BCUT2D eigenvalue weighted by atomic mass is 10.2. The SMILES string of the molecule is CCC(C)NC(=O)C(C)NC(=O)C(CC)OC1CCCC1. The summed E-state index contributed by atoms with van der Waals surface area (Å²) in [6, 6.07) is -0.415. The summed E-state index contributed by atoms with van der Waals surface area (Å²) in [5.74, 6) is -0.329. The van der Waals surface area contributed by atoms with Gasteiger partial charge in [0.25, 0.3) is 0 Å². The Bertz CT molecular complexity index is 340. The molecule has 0 bridgehead atoms. The molecule has 5 heteroatoms. The van der Waals surface area contributed by atoms with Crippen LogP contribution in [-0.4, -0.2) is 36.1 Å². The first-order valence-electron chi connectivity index (χ1n) is 8.24. The number of carbonyl (C=O) groups is 2. The predicted molar refractivity (Wildman–Crippen MR) is 82.9 cm³/mol. The number of carbonyl (C=O) groups excluding carboxylic acids is 2. The Labute approximate surface area is 128 Å². The smallest absolute Gasteiger partial charge is 0.249 e. The molecular formula is C16H30N2O3. The Hall–Kier alpha value is -1.10. The highest BCUT2D eigenvalue weighted by Crippen LogP contribution is 2.22. The largest absolute Gasteiger partial charge is 0.365 e. The summed E-state index contributed by atoms with van der Waals surface area (Å²) in [5.41, 5.74) is 0. The molecule has 3 atom stereocenters. The van der Waals surface area contributed by atoms with Gasteiger partial charge in [0.2, 0.25) is 11.8 Å². The van der Waals surface area contributed by atoms with Gasteiger partial charge in [-0.2, -0.15) is 0 Å². The van der Waals surface area contributed by atoms with E-state index < -0.39 is 12.1 Å². The van der Waals surface area contributed by atoms with Crippen molar-refractivity contribution in [2.24, 2.45) is 0 Å². The molecule has 0 aromatic rings. The van der Waals surface area contributed by atoms with Crippen molar-refractivity contribution in [1.29, 1.82) is 0 Å². The highest BCUT2D eigenvalue weighted by molar-refractivity contribution is 5.89. The van der Waals surface area contributed by atoms with Gasteiger partial charge in [-0.25, -0.2) is 0 Å². The lowest BCUT2D eigenvalue weighted by molar-refractivity contribution is -0.139. The summed E-state index contributed by atoms with van der Waals surface area (Å²) in [6.45, 7) is 7.60. The van der Waals surface area contributed by atoms with E-state index in [9.17, 15) is 9.59 Å². The molecule has 0 aliphatic heterocycles. The van der Waals surface area contributed by atoms with E-state index in [-0.39, 0.29) is 24.0 Å². The van der Waals surface area contributed by atoms with Crippen LogP contribution in [0.3, 0.4) is 0 Å². The van der Waals surface area contributed by atoms with Crippen LogP contribution in [0, 0.1) is 0 Å². The van der Waals surface area contributed by atoms with Gasteiger partial charge in [-0.3, -0.25) is 9.59 Å². The van der Waals surface area contributed by atoms with Gasteiger partial charge in [0, 0.05) is 6.04 Å². The minimum absolute atomic E-state index is 0.119. The van der Waals surface area contributed by atoms with Gasteiger partial charge < -0.3 is 15.4 Å². The zero-order valence-electron chi connectivity index (χ0n) is 13.8. The zero-order valence-corrected chi connectivity index (χ0v) is 13.8. The van der Waals surface area contributed by atoms with Crippen molar-refractivity contribution in [3.63, 3.8) is 0 Å². The Morgan fingerprint density at radius 1 is 1.05 bits per heavy atom. The summed E-state index contributed by atoms with van der Waals surface area (Å²) >= 11 is 0. The second-order valence-corrected chi connectivity index (χ2v) is 5.99. The number of hydrogen-bond acceptors (Lipinski definition) is 3. The van der Waals surface area contributed by atoms with E-state index >= 15 is 0 Å². The van der Waals surface area contributed by atoms with E-state index in [0.29, 0.717) is 6.42 Å². The van der Waals surface area contributed by atoms with Gasteiger partial charge in [0.15, 0.2) is 0 Å². The molecule has 3 unspecified atom stereocenters. The summed E-state index contributed by atoms with van der Waals surface area (Å²) in [4.78, 5) is 24.2. The van der Waals surface area contributed by atoms with Gasteiger partial charge in [-0.1, -0.05) is 26.7 Å². The highest BCUT2D eigenvalue weighted by Gasteiger charge is 2.26. The van der Waals surface area contributed by atoms with Gasteiger partial charge in [0.1, 0.15) is 12.1 Å². The first-order valence-corrected chi connectivity index (χ1v) is 8.24. The minimum Gasteiger partial charge on any atom is -0.365 e. The third kappa shape index (κ3) is 6.04. The molecule has 122 valence electrons. The van der Waals surface area contributed by atoms with Crippen molar-refractivity contribution in [2.45, 2.75) is 90.5 Å². The second kappa shape index (κ2) is 9.03. The van der Waals surface area contributed by atoms with E-state index in [4.69, 9.17) is 4.74 Å². The Kier molecular flexibility index (Phi) is 7.72. The molecule has 0 aromatic carbocycles. The third-order valence-corrected chi connectivity index (χ3v) is 4.08. The fourth-order valence-electron chi connectivity index (χ4n) is 2.44. The molecule has 1 aliphatic carbocycles. The molecule has 0 spiro atoms. The highest BCUT2D eigenvalue weighted by atomic mass is 16.5. The van der Waals surface area contributed by atoms with Crippen molar-refractivity contribution in [3.8, 4) is 0 Å². The molecule has 1 fully saturated rings. The standard InChI is InChI=1S/C16H30N2O3/c1-5-11(3)17-15(19)12(4)18-16(20)14(6-2)21-13-9-7-8-10-13/h11-14H,5-10H2,1-4H3,(H,17,19)(H,18,20). The lowest BCUT2D eigenvalue weighted by Crippen LogP contribution is -2.50. The third-order valence-electron chi connectivity index (χ3n) is 4.08. The van der Waals surface area contributed by atoms with Gasteiger partial charge >= 0.3 is 0 Å². The summed E-state index contributed by atoms with van der Waals surface area (Å²) < 4.78 is 5.86. The van der Waals surface area contributed by atoms with Crippen LogP contribution >= 0.6 is 0 Å². The van der Waals surface area contributed by atoms with E-state index in [1.807, 2.05) is 20.8 Å². The van der Waals surface area contributed by atoms with E-state index in [1.54, 1.807) is 6.92 Å². The van der Waals surface area contributed by atoms with Crippen molar-refractivity contribution < 1.29 is 14.3 Å². The molecular weight excluding hydrogens is 268 g/mol. The summed E-state index contributed by atoms with van der Waals surface area (Å²) in [7, 11) is 0. The number of rotatable bonds is 8. The molecule has 0 radical (unpaired) electrons. The molecule has 1 aliphatic rings. The van der Waals surface area contributed by atoms with E-state index in [1.165, 1.54) is 12.8 Å². The van der Waals surface area contributed by atoms with Crippen molar-refractivity contribution in [2.75, 3.05) is 0 Å². The molecule has 0 aromatic heterocycles. The van der Waals surface area contributed by atoms with Crippen LogP contribution in [0.25, 0.3) is 0 Å². The van der Waals surface area contributed by atoms with Crippen molar-refractivity contribution in [1.82, 2.24) is 10.6 Å². The first kappa shape index (κ1) is 18.0. The van der Waals surface area contributed by atoms with Crippen LogP contribution in [0.5, 0.6) is 0 Å². The normalized spacial score (nSPS) is 19.8. The fraction of sp³-hybridized carbons (Fsp3) is 0.875. The van der Waals surface area contributed by atoms with Crippen LogP contribution in [0.15, 0.2) is 0 Å². The first-order chi connectivity index (χ1) is 9.97. The van der Waals surface area contributed by atoms with Crippen LogP contribution in [-0.2, 0) is 14.3 Å². The average molecular weight is 298 g/mol. The fourth-order valence-corrected chi connectivity index (χ4v) is 2.44. The molecule has 1 saturated carbocycles. The monoisotopic (exact) mass is 298 g/mol. The molecule has 21 heavy (non-hydrogen) atoms. The van der Waals surface area contributed by atoms with Crippen LogP contribution < -0.4 is 10.6 Å². The summed E-state index contributed by atoms with van der Waals surface area (Å²) in [5, 5.41) is 5.63. The van der Waals surface area contributed by atoms with Crippen LogP contribution in [0.2, 0.25) is 0 Å². The maximum atomic E-state index is 12.2. The second-order valence-electron chi connectivity index (χ2n) is 5.99. The average Bonchev–Trinajstić information content (AvgIpc) is 2.97. The zero-order chi connectivity index (χ0) is 15.8.